The molecule has 2 heterocycles. The van der Waals surface area contributed by atoms with Crippen LogP contribution in [0.2, 0.25) is 0 Å². The van der Waals surface area contributed by atoms with Gasteiger partial charge in [-0.2, -0.15) is 0 Å². The first-order valence-corrected chi connectivity index (χ1v) is 12.2. The molecule has 0 aliphatic heterocycles. The molecule has 0 bridgehead atoms. The normalized spacial score (nSPS) is 16.6. The zero-order chi connectivity index (χ0) is 21.9. The zero-order valence-electron chi connectivity index (χ0n) is 18.0. The molecular weight excluding hydrogens is 420 g/mol. The summed E-state index contributed by atoms with van der Waals surface area (Å²) < 4.78 is 5.07. The molecule has 1 aliphatic carbocycles. The summed E-state index contributed by atoms with van der Waals surface area (Å²) in [6.07, 6.45) is 5.40. The molecule has 2 aromatic heterocycles. The first-order chi connectivity index (χ1) is 16.3. The van der Waals surface area contributed by atoms with Gasteiger partial charge in [0.05, 0.1) is 11.0 Å². The molecule has 33 heavy (non-hydrogen) atoms. The topological polar surface area (TPSA) is 30.9 Å². The average Bonchev–Trinajstić information content (AvgIpc) is 3.39. The number of aromatic nitrogens is 1. The quantitative estimate of drug-likeness (QED) is 0.291. The van der Waals surface area contributed by atoms with Gasteiger partial charge in [-0.3, -0.25) is 0 Å². The van der Waals surface area contributed by atoms with Crippen molar-refractivity contribution in [3.8, 4) is 0 Å². The second-order valence-electron chi connectivity index (χ2n) is 8.75. The lowest BCUT2D eigenvalue weighted by Crippen LogP contribution is -2.20. The largest absolute Gasteiger partial charge is 0.324 e. The van der Waals surface area contributed by atoms with E-state index in [-0.39, 0.29) is 6.04 Å². The number of rotatable bonds is 2. The molecule has 6 aromatic rings. The lowest BCUT2D eigenvalue weighted by molar-refractivity contribution is 0.826. The first-order valence-electron chi connectivity index (χ1n) is 11.4. The van der Waals surface area contributed by atoms with Crippen LogP contribution in [-0.2, 0) is 0 Å². The van der Waals surface area contributed by atoms with Crippen molar-refractivity contribution in [1.82, 2.24) is 4.57 Å². The molecule has 7 rings (SSSR count). The SMILES string of the molecule is NC1C=C(c2ccc3sc4ccccc4c3c2)C(n2c3ccccc3c3ccccc32)=CC1. The van der Waals surface area contributed by atoms with Crippen molar-refractivity contribution >= 4 is 64.6 Å². The molecule has 4 aromatic carbocycles. The highest BCUT2D eigenvalue weighted by Gasteiger charge is 2.21. The summed E-state index contributed by atoms with van der Waals surface area (Å²) in [5.41, 5.74) is 12.6. The monoisotopic (exact) mass is 442 g/mol. The molecule has 1 aliphatic rings. The molecule has 1 unspecified atom stereocenters. The van der Waals surface area contributed by atoms with Crippen molar-refractivity contribution in [2.45, 2.75) is 12.5 Å². The second-order valence-corrected chi connectivity index (χ2v) is 9.83. The van der Waals surface area contributed by atoms with Gasteiger partial charge in [-0.05, 0) is 42.3 Å². The third-order valence-corrected chi connectivity index (χ3v) is 7.90. The number of para-hydroxylation sites is 2. The maximum atomic E-state index is 6.46. The predicted octanol–water partition coefficient (Wildman–Crippen LogP) is 7.82. The maximum Gasteiger partial charge on any atom is 0.0541 e. The van der Waals surface area contributed by atoms with Gasteiger partial charge >= 0.3 is 0 Å². The number of allylic oxidation sites excluding steroid dienone is 2. The molecule has 2 N–H and O–H groups in total. The Morgan fingerprint density at radius 2 is 1.33 bits per heavy atom. The molecule has 0 radical (unpaired) electrons. The van der Waals surface area contributed by atoms with E-state index < -0.39 is 0 Å². The fourth-order valence-electron chi connectivity index (χ4n) is 5.26. The van der Waals surface area contributed by atoms with Crippen molar-refractivity contribution in [2.24, 2.45) is 5.73 Å². The Balaban J connectivity index is 1.49. The van der Waals surface area contributed by atoms with Gasteiger partial charge in [0, 0.05) is 48.3 Å². The van der Waals surface area contributed by atoms with E-state index in [1.54, 1.807) is 0 Å². The van der Waals surface area contributed by atoms with Crippen LogP contribution in [-0.4, -0.2) is 10.6 Å². The Kier molecular flexibility index (Phi) is 4.10. The number of benzene rings is 4. The third kappa shape index (κ3) is 2.83. The van der Waals surface area contributed by atoms with E-state index in [0.29, 0.717) is 0 Å². The summed E-state index contributed by atoms with van der Waals surface area (Å²) in [6.45, 7) is 0. The van der Waals surface area contributed by atoms with E-state index in [9.17, 15) is 0 Å². The van der Waals surface area contributed by atoms with Crippen LogP contribution in [0, 0.1) is 0 Å². The molecule has 0 spiro atoms. The van der Waals surface area contributed by atoms with Gasteiger partial charge in [-0.1, -0.05) is 72.8 Å². The van der Waals surface area contributed by atoms with Crippen LogP contribution < -0.4 is 5.73 Å². The van der Waals surface area contributed by atoms with Crippen LogP contribution in [0.4, 0.5) is 0 Å². The molecule has 3 heteroatoms. The van der Waals surface area contributed by atoms with Crippen LogP contribution >= 0.6 is 11.3 Å². The fourth-order valence-corrected chi connectivity index (χ4v) is 6.34. The Hall–Kier alpha value is -3.66. The molecular formula is C30H22N2S. The van der Waals surface area contributed by atoms with Gasteiger partial charge in [0.15, 0.2) is 0 Å². The van der Waals surface area contributed by atoms with Gasteiger partial charge in [0.25, 0.3) is 0 Å². The summed E-state index contributed by atoms with van der Waals surface area (Å²) in [5, 5.41) is 5.20. The number of fused-ring (bicyclic) bond motifs is 6. The van der Waals surface area contributed by atoms with E-state index in [0.717, 1.165) is 6.42 Å². The first kappa shape index (κ1) is 18.9. The van der Waals surface area contributed by atoms with E-state index in [1.165, 1.54) is 58.8 Å². The second kappa shape index (κ2) is 7.17. The van der Waals surface area contributed by atoms with E-state index in [4.69, 9.17) is 5.73 Å². The highest BCUT2D eigenvalue weighted by molar-refractivity contribution is 7.25. The molecule has 0 amide bonds. The summed E-state index contributed by atoms with van der Waals surface area (Å²) in [5.74, 6) is 0. The lowest BCUT2D eigenvalue weighted by atomic mass is 9.92. The van der Waals surface area contributed by atoms with Crippen molar-refractivity contribution in [3.63, 3.8) is 0 Å². The van der Waals surface area contributed by atoms with E-state index in [2.05, 4.69) is 108 Å². The highest BCUT2D eigenvalue weighted by atomic mass is 32.1. The van der Waals surface area contributed by atoms with Crippen molar-refractivity contribution in [1.29, 1.82) is 0 Å². The molecule has 0 saturated heterocycles. The van der Waals surface area contributed by atoms with Crippen molar-refractivity contribution < 1.29 is 0 Å². The molecule has 1 atom stereocenters. The minimum absolute atomic E-state index is 0.0201. The lowest BCUT2D eigenvalue weighted by Gasteiger charge is -2.23. The summed E-state index contributed by atoms with van der Waals surface area (Å²) in [7, 11) is 0. The summed E-state index contributed by atoms with van der Waals surface area (Å²) in [6, 6.07) is 32.9. The number of nitrogens with two attached hydrogens (primary N) is 1. The number of hydrogen-bond donors (Lipinski definition) is 1. The minimum Gasteiger partial charge on any atom is -0.324 e. The minimum atomic E-state index is 0.0201. The van der Waals surface area contributed by atoms with Crippen LogP contribution in [0.25, 0.3) is 53.2 Å². The molecule has 2 nitrogen and oxygen atoms in total. The summed E-state index contributed by atoms with van der Waals surface area (Å²) in [4.78, 5) is 0. The van der Waals surface area contributed by atoms with E-state index >= 15 is 0 Å². The smallest absolute Gasteiger partial charge is 0.0541 e. The van der Waals surface area contributed by atoms with Gasteiger partial charge in [0.2, 0.25) is 0 Å². The zero-order valence-corrected chi connectivity index (χ0v) is 18.8. The standard InChI is InChI=1S/C30H22N2S/c31-20-14-15-28(32-26-10-4-1-7-21(26)22-8-2-5-11-27(22)32)24(18-20)19-13-16-30-25(17-19)23-9-3-6-12-29(23)33-30/h1-13,15-18,20H,14,31H2. The van der Waals surface area contributed by atoms with Crippen molar-refractivity contribution in [3.05, 3.63) is 109 Å². The summed E-state index contributed by atoms with van der Waals surface area (Å²) >= 11 is 1.86. The average molecular weight is 443 g/mol. The van der Waals surface area contributed by atoms with Gasteiger partial charge < -0.3 is 10.3 Å². The van der Waals surface area contributed by atoms with Gasteiger partial charge in [-0.25, -0.2) is 0 Å². The molecule has 158 valence electrons. The van der Waals surface area contributed by atoms with Crippen LogP contribution in [0.5, 0.6) is 0 Å². The Morgan fingerprint density at radius 1 is 0.697 bits per heavy atom. The number of hydrogen-bond acceptors (Lipinski definition) is 2. The number of nitrogens with zero attached hydrogens (tertiary/aromatic N) is 1. The molecule has 0 fully saturated rings. The van der Waals surface area contributed by atoms with E-state index in [1.807, 2.05) is 11.3 Å². The van der Waals surface area contributed by atoms with Crippen LogP contribution in [0.1, 0.15) is 12.0 Å². The molecule has 0 saturated carbocycles. The van der Waals surface area contributed by atoms with Gasteiger partial charge in [-0.15, -0.1) is 11.3 Å². The third-order valence-electron chi connectivity index (χ3n) is 6.75. The Morgan fingerprint density at radius 3 is 2.09 bits per heavy atom. The Labute approximate surface area is 195 Å². The maximum absolute atomic E-state index is 6.46. The Bertz CT molecular complexity index is 1710. The van der Waals surface area contributed by atoms with Gasteiger partial charge in [0.1, 0.15) is 0 Å². The number of thiophene rings is 1. The van der Waals surface area contributed by atoms with Crippen LogP contribution in [0.15, 0.2) is 103 Å². The fraction of sp³-hybridized carbons (Fsp3) is 0.0667. The highest BCUT2D eigenvalue weighted by Crippen LogP contribution is 2.41. The van der Waals surface area contributed by atoms with Crippen LogP contribution in [0.3, 0.4) is 0 Å². The predicted molar refractivity (Wildman–Crippen MR) is 144 cm³/mol. The van der Waals surface area contributed by atoms with Crippen molar-refractivity contribution in [2.75, 3.05) is 0 Å².